The summed E-state index contributed by atoms with van der Waals surface area (Å²) in [6, 6.07) is 10.3. The molecule has 1 heterocycles. The largest absolute Gasteiger partial charge is 0.490 e. The quantitative estimate of drug-likeness (QED) is 0.337. The van der Waals surface area contributed by atoms with Crippen LogP contribution in [0.5, 0.6) is 5.75 Å². The van der Waals surface area contributed by atoms with Gasteiger partial charge in [-0.05, 0) is 49.4 Å². The van der Waals surface area contributed by atoms with Gasteiger partial charge in [0.2, 0.25) is 0 Å². The first kappa shape index (κ1) is 21.1. The number of nitrogens with one attached hydrogen (secondary N) is 1. The van der Waals surface area contributed by atoms with Gasteiger partial charge in [0, 0.05) is 29.4 Å². The Balaban J connectivity index is 2.12. The highest BCUT2D eigenvalue weighted by Crippen LogP contribution is 2.35. The Labute approximate surface area is 174 Å². The second kappa shape index (κ2) is 9.74. The van der Waals surface area contributed by atoms with E-state index in [-0.39, 0.29) is 11.6 Å². The number of benzene rings is 2. The number of aryl methyl sites for hydroxylation is 1. The number of ketones is 1. The molecule has 0 atom stereocenters. The number of para-hydroxylation sites is 1. The predicted molar refractivity (Wildman–Crippen MR) is 119 cm³/mol. The Kier molecular flexibility index (Phi) is 7.09. The lowest BCUT2D eigenvalue weighted by atomic mass is 10.0. The fourth-order valence-corrected chi connectivity index (χ4v) is 3.41. The Hall–Kier alpha value is -2.60. The summed E-state index contributed by atoms with van der Waals surface area (Å²) in [6.07, 6.45) is 4.84. The maximum atomic E-state index is 13.5. The highest BCUT2D eigenvalue weighted by Gasteiger charge is 2.18. The standard InChI is InChI=1S/C23H25FN2O2S/c1-4-6-20(27)18-14-25-23-17(7-5-8-21(23)28-11-12-29-3)22(18)26-19-10-9-16(24)13-15(19)2/h5,7-10,13-14H,4,6,11-12H2,1-3H3,(H,25,26). The van der Waals surface area contributed by atoms with Crippen LogP contribution in [0.25, 0.3) is 10.9 Å². The average Bonchev–Trinajstić information content (AvgIpc) is 2.70. The van der Waals surface area contributed by atoms with Gasteiger partial charge in [-0.25, -0.2) is 4.39 Å². The number of thioether (sulfide) groups is 1. The summed E-state index contributed by atoms with van der Waals surface area (Å²) < 4.78 is 19.4. The van der Waals surface area contributed by atoms with Gasteiger partial charge in [0.1, 0.15) is 17.1 Å². The smallest absolute Gasteiger partial charge is 0.166 e. The second-order valence-electron chi connectivity index (χ2n) is 6.80. The molecule has 0 bridgehead atoms. The van der Waals surface area contributed by atoms with Crippen LogP contribution < -0.4 is 10.1 Å². The van der Waals surface area contributed by atoms with Crippen LogP contribution in [0.15, 0.2) is 42.6 Å². The second-order valence-corrected chi connectivity index (χ2v) is 7.78. The molecule has 4 nitrogen and oxygen atoms in total. The number of halogens is 1. The van der Waals surface area contributed by atoms with Crippen LogP contribution in [-0.2, 0) is 0 Å². The third-order valence-electron chi connectivity index (χ3n) is 4.63. The normalized spacial score (nSPS) is 10.9. The van der Waals surface area contributed by atoms with Crippen LogP contribution in [0.2, 0.25) is 0 Å². The molecule has 0 aliphatic rings. The van der Waals surface area contributed by atoms with Crippen molar-refractivity contribution in [2.75, 3.05) is 23.9 Å². The first-order chi connectivity index (χ1) is 14.0. The van der Waals surface area contributed by atoms with Crippen molar-refractivity contribution in [3.63, 3.8) is 0 Å². The zero-order valence-electron chi connectivity index (χ0n) is 16.9. The fraction of sp³-hybridized carbons (Fsp3) is 0.304. The maximum Gasteiger partial charge on any atom is 0.166 e. The number of pyridine rings is 1. The van der Waals surface area contributed by atoms with Crippen molar-refractivity contribution in [2.45, 2.75) is 26.7 Å². The molecule has 152 valence electrons. The van der Waals surface area contributed by atoms with E-state index in [0.29, 0.717) is 35.5 Å². The van der Waals surface area contributed by atoms with Crippen molar-refractivity contribution in [1.29, 1.82) is 0 Å². The van der Waals surface area contributed by atoms with Gasteiger partial charge < -0.3 is 10.1 Å². The molecule has 0 unspecified atom stereocenters. The fourth-order valence-electron chi connectivity index (χ4n) is 3.16. The van der Waals surface area contributed by atoms with Crippen molar-refractivity contribution in [1.82, 2.24) is 4.98 Å². The number of aromatic nitrogens is 1. The summed E-state index contributed by atoms with van der Waals surface area (Å²) in [5.74, 6) is 1.30. The van der Waals surface area contributed by atoms with Crippen molar-refractivity contribution in [2.24, 2.45) is 0 Å². The number of carbonyl (C=O) groups excluding carboxylic acids is 1. The Morgan fingerprint density at radius 2 is 2.10 bits per heavy atom. The molecule has 3 rings (SSSR count). The van der Waals surface area contributed by atoms with Gasteiger partial charge in [0.15, 0.2) is 5.78 Å². The number of carbonyl (C=O) groups is 1. The van der Waals surface area contributed by atoms with Gasteiger partial charge in [-0.2, -0.15) is 11.8 Å². The van der Waals surface area contributed by atoms with Gasteiger partial charge in [-0.1, -0.05) is 19.1 Å². The van der Waals surface area contributed by atoms with E-state index < -0.39 is 0 Å². The third kappa shape index (κ3) is 4.88. The van der Waals surface area contributed by atoms with E-state index in [0.717, 1.165) is 28.8 Å². The Morgan fingerprint density at radius 1 is 1.28 bits per heavy atom. The van der Waals surface area contributed by atoms with Crippen LogP contribution >= 0.6 is 11.8 Å². The van der Waals surface area contributed by atoms with Gasteiger partial charge in [-0.15, -0.1) is 0 Å². The molecule has 3 aromatic rings. The van der Waals surface area contributed by atoms with E-state index >= 15 is 0 Å². The molecule has 2 aromatic carbocycles. The summed E-state index contributed by atoms with van der Waals surface area (Å²) in [5.41, 5.74) is 3.42. The van der Waals surface area contributed by atoms with Gasteiger partial charge in [0.05, 0.1) is 17.9 Å². The van der Waals surface area contributed by atoms with Crippen LogP contribution in [0.1, 0.15) is 35.7 Å². The highest BCUT2D eigenvalue weighted by atomic mass is 32.2. The zero-order chi connectivity index (χ0) is 20.8. The average molecular weight is 413 g/mol. The molecule has 1 N–H and O–H groups in total. The van der Waals surface area contributed by atoms with E-state index in [9.17, 15) is 9.18 Å². The summed E-state index contributed by atoms with van der Waals surface area (Å²) in [5, 5.41) is 4.16. The molecule has 0 radical (unpaired) electrons. The van der Waals surface area contributed by atoms with Crippen molar-refractivity contribution < 1.29 is 13.9 Å². The summed E-state index contributed by atoms with van der Waals surface area (Å²) in [4.78, 5) is 17.3. The number of fused-ring (bicyclic) bond motifs is 1. The van der Waals surface area contributed by atoms with Crippen molar-refractivity contribution in [3.05, 3.63) is 59.5 Å². The Bertz CT molecular complexity index is 1020. The van der Waals surface area contributed by atoms with Gasteiger partial charge in [0.25, 0.3) is 0 Å². The van der Waals surface area contributed by atoms with Gasteiger partial charge in [-0.3, -0.25) is 9.78 Å². The van der Waals surface area contributed by atoms with Crippen LogP contribution in [-0.4, -0.2) is 29.4 Å². The molecule has 0 aliphatic carbocycles. The topological polar surface area (TPSA) is 51.2 Å². The third-order valence-corrected chi connectivity index (χ3v) is 5.21. The first-order valence-electron chi connectivity index (χ1n) is 9.65. The number of nitrogens with zero attached hydrogens (tertiary/aromatic N) is 1. The molecule has 6 heteroatoms. The van der Waals surface area contributed by atoms with Crippen LogP contribution in [0.3, 0.4) is 0 Å². The minimum Gasteiger partial charge on any atom is -0.490 e. The minimum absolute atomic E-state index is 0.0258. The first-order valence-corrected chi connectivity index (χ1v) is 11.0. The van der Waals surface area contributed by atoms with Gasteiger partial charge >= 0.3 is 0 Å². The number of hydrogen-bond acceptors (Lipinski definition) is 5. The van der Waals surface area contributed by atoms with E-state index in [2.05, 4.69) is 10.3 Å². The van der Waals surface area contributed by atoms with E-state index in [4.69, 9.17) is 4.74 Å². The SMILES string of the molecule is CCCC(=O)c1cnc2c(OCCSC)cccc2c1Nc1ccc(F)cc1C. The lowest BCUT2D eigenvalue weighted by molar-refractivity contribution is 0.0982. The number of rotatable bonds is 9. The Morgan fingerprint density at radius 3 is 2.83 bits per heavy atom. The van der Waals surface area contributed by atoms with E-state index in [1.165, 1.54) is 12.1 Å². The molecule has 0 amide bonds. The number of hydrogen-bond donors (Lipinski definition) is 1. The summed E-state index contributed by atoms with van der Waals surface area (Å²) in [6.45, 7) is 4.39. The number of anilines is 2. The highest BCUT2D eigenvalue weighted by molar-refractivity contribution is 7.98. The molecule has 0 aliphatic heterocycles. The zero-order valence-corrected chi connectivity index (χ0v) is 17.7. The molecule has 0 fully saturated rings. The van der Waals surface area contributed by atoms with Crippen molar-refractivity contribution in [3.8, 4) is 5.75 Å². The monoisotopic (exact) mass is 412 g/mol. The maximum absolute atomic E-state index is 13.5. The lowest BCUT2D eigenvalue weighted by Gasteiger charge is -2.17. The summed E-state index contributed by atoms with van der Waals surface area (Å²) >= 11 is 1.71. The minimum atomic E-state index is -0.292. The van der Waals surface area contributed by atoms with Crippen LogP contribution in [0.4, 0.5) is 15.8 Å². The number of Topliss-reactive ketones (excluding diaryl/α,β-unsaturated/α-hetero) is 1. The van der Waals surface area contributed by atoms with Crippen LogP contribution in [0, 0.1) is 12.7 Å². The lowest BCUT2D eigenvalue weighted by Crippen LogP contribution is -2.07. The predicted octanol–water partition coefficient (Wildman–Crippen LogP) is 6.15. The molecular weight excluding hydrogens is 387 g/mol. The molecule has 0 spiro atoms. The summed E-state index contributed by atoms with van der Waals surface area (Å²) in [7, 11) is 0. The molecule has 0 saturated heterocycles. The van der Waals surface area contributed by atoms with E-state index in [1.54, 1.807) is 24.0 Å². The molecule has 0 saturated carbocycles. The van der Waals surface area contributed by atoms with Crippen molar-refractivity contribution >= 4 is 39.8 Å². The molecule has 1 aromatic heterocycles. The van der Waals surface area contributed by atoms with E-state index in [1.807, 2.05) is 38.3 Å². The molecular formula is C23H25FN2O2S. The number of ether oxygens (including phenoxy) is 1. The molecule has 29 heavy (non-hydrogen) atoms.